The van der Waals surface area contributed by atoms with Gasteiger partial charge in [0.05, 0.1) is 0 Å². The molecule has 2 heterocycles. The largest absolute Gasteiger partial charge is 0.508 e. The van der Waals surface area contributed by atoms with Crippen LogP contribution in [0.4, 0.5) is 0 Å². The van der Waals surface area contributed by atoms with Gasteiger partial charge in [0.25, 0.3) is 0 Å². The number of ether oxygens (including phenoxy) is 2. The number of aromatic hydroxyl groups is 2. The molecule has 39 heavy (non-hydrogen) atoms. The maximum atomic E-state index is 12.8. The van der Waals surface area contributed by atoms with Crippen molar-refractivity contribution in [3.63, 3.8) is 0 Å². The number of benzene rings is 3. The van der Waals surface area contributed by atoms with Gasteiger partial charge in [-0.1, -0.05) is 31.2 Å². The summed E-state index contributed by atoms with van der Waals surface area (Å²) in [5, 5.41) is 20.7. The number of nitrogens with zero attached hydrogens (tertiary/aromatic N) is 1. The van der Waals surface area contributed by atoms with Crippen molar-refractivity contribution in [1.29, 1.82) is 0 Å². The zero-order valence-electron chi connectivity index (χ0n) is 22.7. The summed E-state index contributed by atoms with van der Waals surface area (Å²) in [5.41, 5.74) is 3.19. The van der Waals surface area contributed by atoms with E-state index in [0.29, 0.717) is 35.1 Å². The highest BCUT2D eigenvalue weighted by Gasteiger charge is 2.33. The van der Waals surface area contributed by atoms with E-state index in [0.717, 1.165) is 42.1 Å². The molecule has 0 amide bonds. The van der Waals surface area contributed by atoms with Gasteiger partial charge in [0, 0.05) is 35.5 Å². The molecule has 8 heteroatoms. The number of sulfone groups is 1. The van der Waals surface area contributed by atoms with Crippen LogP contribution in [-0.2, 0) is 9.84 Å². The van der Waals surface area contributed by atoms with E-state index >= 15 is 0 Å². The number of rotatable bonds is 7. The van der Waals surface area contributed by atoms with Crippen molar-refractivity contribution < 1.29 is 28.1 Å². The number of phenols is 2. The summed E-state index contributed by atoms with van der Waals surface area (Å²) in [4.78, 5) is 2.31. The molecule has 3 atom stereocenters. The first-order valence-electron chi connectivity index (χ1n) is 13.2. The second-order valence-electron chi connectivity index (χ2n) is 10.8. The average Bonchev–Trinajstić information content (AvgIpc) is 3.33. The molecule has 206 valence electrons. The Morgan fingerprint density at radius 2 is 1.82 bits per heavy atom. The van der Waals surface area contributed by atoms with Crippen LogP contribution in [0.25, 0.3) is 11.1 Å². The fourth-order valence-corrected chi connectivity index (χ4v) is 6.60. The third-order valence-corrected chi connectivity index (χ3v) is 8.86. The van der Waals surface area contributed by atoms with Crippen LogP contribution in [0, 0.1) is 5.92 Å². The molecule has 3 aromatic carbocycles. The number of phenolic OH excluding ortho intramolecular Hbond substituents is 2. The van der Waals surface area contributed by atoms with Gasteiger partial charge in [0.1, 0.15) is 40.6 Å². The Kier molecular flexibility index (Phi) is 7.35. The minimum absolute atomic E-state index is 0.0767. The van der Waals surface area contributed by atoms with Crippen molar-refractivity contribution in [3.8, 4) is 23.0 Å². The lowest BCUT2D eigenvalue weighted by Gasteiger charge is -2.32. The molecule has 2 N–H and O–H groups in total. The van der Waals surface area contributed by atoms with Crippen LogP contribution in [-0.4, -0.2) is 55.5 Å². The SMILES string of the molecule is CC1=C(c2cccc(O)c2S(C)(=O)=O)C(c2ccc(OCC(C)N3CCC(C)C3)cc2)Oc2ccc(O)cc21. The first kappa shape index (κ1) is 27.1. The average molecular weight is 550 g/mol. The standard InChI is InChI=1S/C31H35NO6S/c1-19-14-15-32(17-19)20(2)18-37-24-11-8-22(9-12-24)30-29(21(3)26-16-23(33)10-13-28(26)38-30)25-6-5-7-27(34)31(25)39(4,35)36/h5-13,16,19-20,30,33-34H,14-15,17-18H2,1-4H3. The molecule has 0 saturated carbocycles. The van der Waals surface area contributed by atoms with Gasteiger partial charge in [0.15, 0.2) is 9.84 Å². The molecular weight excluding hydrogens is 514 g/mol. The molecule has 3 aromatic rings. The number of likely N-dealkylation sites (tertiary alicyclic amines) is 1. The van der Waals surface area contributed by atoms with Gasteiger partial charge in [-0.25, -0.2) is 8.42 Å². The van der Waals surface area contributed by atoms with Crippen molar-refractivity contribution in [2.75, 3.05) is 26.0 Å². The molecule has 1 saturated heterocycles. The molecular formula is C31H35NO6S. The van der Waals surface area contributed by atoms with E-state index in [-0.39, 0.29) is 16.4 Å². The number of fused-ring (bicyclic) bond motifs is 1. The van der Waals surface area contributed by atoms with E-state index in [1.54, 1.807) is 30.3 Å². The maximum Gasteiger partial charge on any atom is 0.179 e. The van der Waals surface area contributed by atoms with E-state index in [2.05, 4.69) is 18.7 Å². The lowest BCUT2D eigenvalue weighted by atomic mass is 9.86. The Bertz CT molecular complexity index is 1510. The molecule has 2 aliphatic rings. The fourth-order valence-electron chi connectivity index (χ4n) is 5.58. The molecule has 0 bridgehead atoms. The van der Waals surface area contributed by atoms with E-state index in [9.17, 15) is 18.6 Å². The number of allylic oxidation sites excluding steroid dienone is 1. The van der Waals surface area contributed by atoms with Crippen molar-refractivity contribution in [3.05, 3.63) is 77.4 Å². The number of hydrogen-bond donors (Lipinski definition) is 2. The van der Waals surface area contributed by atoms with Gasteiger partial charge in [-0.2, -0.15) is 0 Å². The van der Waals surface area contributed by atoms with Crippen LogP contribution in [0.5, 0.6) is 23.0 Å². The van der Waals surface area contributed by atoms with Crippen LogP contribution in [0.3, 0.4) is 0 Å². The van der Waals surface area contributed by atoms with Gasteiger partial charge in [-0.15, -0.1) is 0 Å². The predicted molar refractivity (Wildman–Crippen MR) is 152 cm³/mol. The van der Waals surface area contributed by atoms with Crippen molar-refractivity contribution >= 4 is 21.0 Å². The van der Waals surface area contributed by atoms with Crippen molar-refractivity contribution in [2.24, 2.45) is 5.92 Å². The van der Waals surface area contributed by atoms with Crippen molar-refractivity contribution in [2.45, 2.75) is 44.2 Å². The second-order valence-corrected chi connectivity index (χ2v) is 12.7. The summed E-state index contributed by atoms with van der Waals surface area (Å²) >= 11 is 0. The summed E-state index contributed by atoms with van der Waals surface area (Å²) in [6, 6.07) is 17.5. The van der Waals surface area contributed by atoms with E-state index in [4.69, 9.17) is 9.47 Å². The fraction of sp³-hybridized carbons (Fsp3) is 0.355. The third-order valence-electron chi connectivity index (χ3n) is 7.69. The van der Waals surface area contributed by atoms with Gasteiger partial charge in [-0.3, -0.25) is 4.90 Å². The van der Waals surface area contributed by atoms with Crippen LogP contribution in [0.1, 0.15) is 50.0 Å². The van der Waals surface area contributed by atoms with E-state index in [1.807, 2.05) is 31.2 Å². The Labute approximate surface area is 230 Å². The first-order chi connectivity index (χ1) is 18.5. The molecule has 7 nitrogen and oxygen atoms in total. The molecule has 1 fully saturated rings. The summed E-state index contributed by atoms with van der Waals surface area (Å²) in [7, 11) is -3.77. The zero-order valence-corrected chi connectivity index (χ0v) is 23.5. The van der Waals surface area contributed by atoms with E-state index in [1.165, 1.54) is 12.5 Å². The quantitative estimate of drug-likeness (QED) is 0.392. The van der Waals surface area contributed by atoms with Gasteiger partial charge >= 0.3 is 0 Å². The molecule has 0 spiro atoms. The Morgan fingerprint density at radius 1 is 1.08 bits per heavy atom. The van der Waals surface area contributed by atoms with Gasteiger partial charge in [0.2, 0.25) is 0 Å². The van der Waals surface area contributed by atoms with Gasteiger partial charge < -0.3 is 19.7 Å². The Balaban J connectivity index is 1.50. The van der Waals surface area contributed by atoms with Crippen LogP contribution >= 0.6 is 0 Å². The monoisotopic (exact) mass is 549 g/mol. The minimum atomic E-state index is -3.77. The van der Waals surface area contributed by atoms with Crippen LogP contribution < -0.4 is 9.47 Å². The highest BCUT2D eigenvalue weighted by Crippen LogP contribution is 2.49. The predicted octanol–water partition coefficient (Wildman–Crippen LogP) is 5.67. The molecule has 0 aromatic heterocycles. The first-order valence-corrected chi connectivity index (χ1v) is 15.1. The topological polar surface area (TPSA) is 96.3 Å². The third kappa shape index (κ3) is 5.49. The summed E-state index contributed by atoms with van der Waals surface area (Å²) in [6.07, 6.45) is 1.65. The second kappa shape index (κ2) is 10.6. The molecule has 0 radical (unpaired) electrons. The minimum Gasteiger partial charge on any atom is -0.508 e. The highest BCUT2D eigenvalue weighted by molar-refractivity contribution is 7.90. The molecule has 5 rings (SSSR count). The zero-order chi connectivity index (χ0) is 27.9. The molecule has 3 unspecified atom stereocenters. The van der Waals surface area contributed by atoms with Crippen LogP contribution in [0.2, 0.25) is 0 Å². The molecule has 0 aliphatic carbocycles. The Hall–Kier alpha value is -3.49. The Morgan fingerprint density at radius 3 is 2.49 bits per heavy atom. The highest BCUT2D eigenvalue weighted by atomic mass is 32.2. The normalized spacial score (nSPS) is 20.4. The van der Waals surface area contributed by atoms with Crippen molar-refractivity contribution in [1.82, 2.24) is 4.90 Å². The molecule has 2 aliphatic heterocycles. The lowest BCUT2D eigenvalue weighted by Crippen LogP contribution is -2.35. The lowest BCUT2D eigenvalue weighted by molar-refractivity contribution is 0.169. The summed E-state index contributed by atoms with van der Waals surface area (Å²) < 4.78 is 38.1. The smallest absolute Gasteiger partial charge is 0.179 e. The maximum absolute atomic E-state index is 12.8. The summed E-state index contributed by atoms with van der Waals surface area (Å²) in [5.74, 6) is 1.80. The summed E-state index contributed by atoms with van der Waals surface area (Å²) in [6.45, 7) is 9.13. The van der Waals surface area contributed by atoms with E-state index < -0.39 is 15.9 Å². The number of hydrogen-bond acceptors (Lipinski definition) is 7. The van der Waals surface area contributed by atoms with Crippen LogP contribution in [0.15, 0.2) is 65.6 Å². The van der Waals surface area contributed by atoms with Gasteiger partial charge in [-0.05, 0) is 80.3 Å².